The van der Waals surface area contributed by atoms with Crippen LogP contribution < -0.4 is 0 Å². The summed E-state index contributed by atoms with van der Waals surface area (Å²) >= 11 is 0. The standard InChI is InChI=1S/C54H42N4/c1-4-12-36(13-5-1)39-20-22-48-47(32-39)46-21-19-40(33-49(46)54(48)44-25-34-24-35(27-44)28-45(54)26-34)41-29-42(50-18-10-11-23-55-50)31-43(30-41)53-57-51(37-14-6-2-7-15-37)56-52(58-53)38-16-8-3-9-17-38/h1-23,29-35,44-45H,24-28H2. The van der Waals surface area contributed by atoms with Crippen molar-refractivity contribution in [1.29, 1.82) is 0 Å². The Hall–Kier alpha value is -6.52. The molecule has 4 nitrogen and oxygen atoms in total. The molecule has 0 atom stereocenters. The summed E-state index contributed by atoms with van der Waals surface area (Å²) in [5.41, 5.74) is 15.8. The molecular formula is C54H42N4. The van der Waals surface area contributed by atoms with Crippen LogP contribution in [-0.2, 0) is 5.41 Å². The van der Waals surface area contributed by atoms with Crippen molar-refractivity contribution in [2.75, 3.05) is 0 Å². The first kappa shape index (κ1) is 33.6. The van der Waals surface area contributed by atoms with Crippen LogP contribution in [0.5, 0.6) is 0 Å². The third kappa shape index (κ3) is 5.35. The zero-order chi connectivity index (χ0) is 38.2. The van der Waals surface area contributed by atoms with E-state index in [-0.39, 0.29) is 5.41 Å². The molecule has 2 heterocycles. The average Bonchev–Trinajstić information content (AvgIpc) is 3.58. The minimum absolute atomic E-state index is 0.0497. The lowest BCUT2D eigenvalue weighted by molar-refractivity contribution is -0.0399. The summed E-state index contributed by atoms with van der Waals surface area (Å²) in [5, 5.41) is 0. The molecular weight excluding hydrogens is 705 g/mol. The van der Waals surface area contributed by atoms with Crippen molar-refractivity contribution in [3.05, 3.63) is 181 Å². The molecule has 4 fully saturated rings. The van der Waals surface area contributed by atoms with Crippen molar-refractivity contribution in [3.8, 4) is 78.8 Å². The maximum absolute atomic E-state index is 5.16. The SMILES string of the molecule is c1ccc(-c2ccc3c(c2)-c2ccc(-c4cc(-c5ccccn5)cc(-c5nc(-c6ccccc6)nc(-c6ccccc6)n5)c4)cc2C32C3CC4CC(C3)CC2C4)cc1. The quantitative estimate of drug-likeness (QED) is 0.170. The Balaban J connectivity index is 1.06. The number of hydrogen-bond donors (Lipinski definition) is 0. The van der Waals surface area contributed by atoms with Gasteiger partial charge in [-0.2, -0.15) is 0 Å². The molecule has 13 rings (SSSR count). The van der Waals surface area contributed by atoms with Crippen molar-refractivity contribution in [2.24, 2.45) is 23.7 Å². The maximum Gasteiger partial charge on any atom is 0.164 e. The van der Waals surface area contributed by atoms with E-state index in [1.807, 2.05) is 48.7 Å². The minimum atomic E-state index is 0.0497. The first-order chi connectivity index (χ1) is 28.7. The van der Waals surface area contributed by atoms with E-state index in [0.717, 1.165) is 45.3 Å². The van der Waals surface area contributed by atoms with E-state index in [1.54, 1.807) is 11.1 Å². The van der Waals surface area contributed by atoms with Gasteiger partial charge in [0.05, 0.1) is 5.69 Å². The molecule has 0 radical (unpaired) electrons. The van der Waals surface area contributed by atoms with Crippen LogP contribution in [0, 0.1) is 23.7 Å². The Morgan fingerprint density at radius 1 is 0.362 bits per heavy atom. The Morgan fingerprint density at radius 2 is 0.897 bits per heavy atom. The molecule has 5 aliphatic carbocycles. The molecule has 4 saturated carbocycles. The van der Waals surface area contributed by atoms with Gasteiger partial charge in [-0.25, -0.2) is 15.0 Å². The van der Waals surface area contributed by atoms with Crippen LogP contribution in [0.3, 0.4) is 0 Å². The van der Waals surface area contributed by atoms with Crippen LogP contribution in [0.1, 0.15) is 43.2 Å². The number of fused-ring (bicyclic) bond motifs is 3. The third-order valence-corrected chi connectivity index (χ3v) is 13.9. The molecule has 4 heteroatoms. The van der Waals surface area contributed by atoms with Gasteiger partial charge in [0.2, 0.25) is 0 Å². The van der Waals surface area contributed by atoms with Gasteiger partial charge in [-0.1, -0.05) is 121 Å². The first-order valence-electron chi connectivity index (χ1n) is 21.0. The van der Waals surface area contributed by atoms with Gasteiger partial charge in [0.15, 0.2) is 17.5 Å². The van der Waals surface area contributed by atoms with E-state index in [2.05, 4.69) is 121 Å². The fraction of sp³-hybridized carbons (Fsp3) is 0.185. The predicted molar refractivity (Wildman–Crippen MR) is 233 cm³/mol. The topological polar surface area (TPSA) is 51.6 Å². The summed E-state index contributed by atoms with van der Waals surface area (Å²) in [5.74, 6) is 5.07. The lowest BCUT2D eigenvalue weighted by atomic mass is 9.43. The first-order valence-corrected chi connectivity index (χ1v) is 21.0. The van der Waals surface area contributed by atoms with Gasteiger partial charge in [-0.05, 0) is 143 Å². The van der Waals surface area contributed by atoms with Gasteiger partial charge in [-0.15, -0.1) is 0 Å². The largest absolute Gasteiger partial charge is 0.256 e. The molecule has 0 aliphatic heterocycles. The third-order valence-electron chi connectivity index (χ3n) is 13.9. The number of aromatic nitrogens is 4. The summed E-state index contributed by atoms with van der Waals surface area (Å²) in [6, 6.07) is 59.0. The van der Waals surface area contributed by atoms with Crippen LogP contribution >= 0.6 is 0 Å². The van der Waals surface area contributed by atoms with Crippen molar-refractivity contribution < 1.29 is 0 Å². The van der Waals surface area contributed by atoms with Crippen LogP contribution in [0.4, 0.5) is 0 Å². The molecule has 0 saturated heterocycles. The lowest BCUT2D eigenvalue weighted by Crippen LogP contribution is -2.55. The Morgan fingerprint density at radius 3 is 1.52 bits per heavy atom. The van der Waals surface area contributed by atoms with Gasteiger partial charge in [-0.3, -0.25) is 4.98 Å². The Bertz CT molecular complexity index is 2750. The fourth-order valence-corrected chi connectivity index (χ4v) is 11.7. The Labute approximate surface area is 339 Å². The molecule has 1 spiro atoms. The molecule has 6 aromatic carbocycles. The van der Waals surface area contributed by atoms with Gasteiger partial charge in [0.1, 0.15) is 0 Å². The van der Waals surface area contributed by atoms with Crippen molar-refractivity contribution in [1.82, 2.24) is 19.9 Å². The van der Waals surface area contributed by atoms with E-state index < -0.39 is 0 Å². The van der Waals surface area contributed by atoms with Crippen molar-refractivity contribution in [2.45, 2.75) is 37.5 Å². The average molecular weight is 747 g/mol. The normalized spacial score (nSPS) is 22.2. The fourth-order valence-electron chi connectivity index (χ4n) is 11.7. The molecule has 58 heavy (non-hydrogen) atoms. The molecule has 0 amide bonds. The summed E-state index contributed by atoms with van der Waals surface area (Å²) < 4.78 is 0. The zero-order valence-corrected chi connectivity index (χ0v) is 32.3. The molecule has 0 unspecified atom stereocenters. The summed E-state index contributed by atoms with van der Waals surface area (Å²) in [4.78, 5) is 20.2. The second-order valence-corrected chi connectivity index (χ2v) is 17.1. The van der Waals surface area contributed by atoms with E-state index in [9.17, 15) is 0 Å². The van der Waals surface area contributed by atoms with Crippen molar-refractivity contribution >= 4 is 0 Å². The highest BCUT2D eigenvalue weighted by Crippen LogP contribution is 2.69. The zero-order valence-electron chi connectivity index (χ0n) is 32.3. The van der Waals surface area contributed by atoms with Crippen LogP contribution in [0.2, 0.25) is 0 Å². The van der Waals surface area contributed by atoms with Gasteiger partial charge in [0, 0.05) is 33.9 Å². The monoisotopic (exact) mass is 746 g/mol. The maximum atomic E-state index is 5.16. The summed E-state index contributed by atoms with van der Waals surface area (Å²) in [6.07, 6.45) is 8.71. The predicted octanol–water partition coefficient (Wildman–Crippen LogP) is 13.0. The highest BCUT2D eigenvalue weighted by atomic mass is 15.0. The smallest absolute Gasteiger partial charge is 0.164 e. The number of hydrogen-bond acceptors (Lipinski definition) is 4. The van der Waals surface area contributed by atoms with Crippen LogP contribution in [0.15, 0.2) is 170 Å². The molecule has 4 bridgehead atoms. The van der Waals surface area contributed by atoms with Gasteiger partial charge >= 0.3 is 0 Å². The van der Waals surface area contributed by atoms with E-state index in [4.69, 9.17) is 19.9 Å². The van der Waals surface area contributed by atoms with Crippen LogP contribution in [0.25, 0.3) is 78.8 Å². The molecule has 0 N–H and O–H groups in total. The number of nitrogens with zero attached hydrogens (tertiary/aromatic N) is 4. The Kier molecular flexibility index (Phi) is 7.69. The van der Waals surface area contributed by atoms with E-state index >= 15 is 0 Å². The van der Waals surface area contributed by atoms with E-state index in [0.29, 0.717) is 29.3 Å². The van der Waals surface area contributed by atoms with Crippen LogP contribution in [-0.4, -0.2) is 19.9 Å². The van der Waals surface area contributed by atoms with Gasteiger partial charge in [0.25, 0.3) is 0 Å². The van der Waals surface area contributed by atoms with E-state index in [1.165, 1.54) is 59.9 Å². The van der Waals surface area contributed by atoms with Gasteiger partial charge < -0.3 is 0 Å². The number of pyridine rings is 1. The second-order valence-electron chi connectivity index (χ2n) is 17.1. The molecule has 5 aliphatic rings. The highest BCUT2D eigenvalue weighted by molar-refractivity contribution is 5.88. The molecule has 8 aromatic rings. The second kappa shape index (κ2) is 13.3. The number of rotatable bonds is 6. The molecule has 2 aromatic heterocycles. The molecule has 278 valence electrons. The highest BCUT2D eigenvalue weighted by Gasteiger charge is 2.61. The summed E-state index contributed by atoms with van der Waals surface area (Å²) in [7, 11) is 0. The lowest BCUT2D eigenvalue weighted by Gasteiger charge is -2.61. The number of benzene rings is 6. The minimum Gasteiger partial charge on any atom is -0.256 e. The summed E-state index contributed by atoms with van der Waals surface area (Å²) in [6.45, 7) is 0. The van der Waals surface area contributed by atoms with Crippen molar-refractivity contribution in [3.63, 3.8) is 0 Å².